The fourth-order valence-electron chi connectivity index (χ4n) is 2.87. The minimum absolute atomic E-state index is 0.0821. The van der Waals surface area contributed by atoms with Gasteiger partial charge in [0.1, 0.15) is 5.60 Å². The molecule has 21 heavy (non-hydrogen) atoms. The summed E-state index contributed by atoms with van der Waals surface area (Å²) < 4.78 is 0. The first-order chi connectivity index (χ1) is 9.86. The van der Waals surface area contributed by atoms with Gasteiger partial charge in [-0.05, 0) is 28.5 Å². The molecule has 0 bridgehead atoms. The molecule has 0 aromatic heterocycles. The monoisotopic (exact) mass is 284 g/mol. The molecule has 2 N–H and O–H groups in total. The Labute approximate surface area is 127 Å². The van der Waals surface area contributed by atoms with E-state index in [1.165, 1.54) is 0 Å². The van der Waals surface area contributed by atoms with Crippen molar-refractivity contribution in [3.63, 3.8) is 0 Å². The predicted molar refractivity (Wildman–Crippen MR) is 86.9 cm³/mol. The van der Waals surface area contributed by atoms with Crippen molar-refractivity contribution in [2.24, 2.45) is 5.41 Å². The molecule has 0 radical (unpaired) electrons. The predicted octanol–water partition coefficient (Wildman–Crippen LogP) is 3.97. The maximum Gasteiger partial charge on any atom is 0.114 e. The first-order valence-electron chi connectivity index (χ1n) is 7.34. The van der Waals surface area contributed by atoms with Crippen molar-refractivity contribution < 1.29 is 10.2 Å². The van der Waals surface area contributed by atoms with Crippen molar-refractivity contribution in [3.05, 3.63) is 60.2 Å². The van der Waals surface area contributed by atoms with Crippen LogP contribution in [-0.2, 0) is 5.60 Å². The second-order valence-electron chi connectivity index (χ2n) is 6.84. The third-order valence-electron chi connectivity index (χ3n) is 3.60. The van der Waals surface area contributed by atoms with E-state index in [1.807, 2.05) is 54.6 Å². The molecular weight excluding hydrogens is 260 g/mol. The van der Waals surface area contributed by atoms with Gasteiger partial charge >= 0.3 is 0 Å². The van der Waals surface area contributed by atoms with E-state index in [9.17, 15) is 10.2 Å². The number of aliphatic hydroxyl groups is 2. The highest BCUT2D eigenvalue weighted by Gasteiger charge is 2.35. The third kappa shape index (κ3) is 3.72. The van der Waals surface area contributed by atoms with E-state index in [0.29, 0.717) is 6.42 Å². The van der Waals surface area contributed by atoms with E-state index >= 15 is 0 Å². The van der Waals surface area contributed by atoms with Gasteiger partial charge in [0.25, 0.3) is 0 Å². The molecule has 0 aliphatic rings. The van der Waals surface area contributed by atoms with Crippen LogP contribution in [0.5, 0.6) is 0 Å². The number of rotatable bonds is 4. The zero-order valence-corrected chi connectivity index (χ0v) is 13.0. The van der Waals surface area contributed by atoms with Gasteiger partial charge in [-0.2, -0.15) is 0 Å². The summed E-state index contributed by atoms with van der Waals surface area (Å²) in [6.45, 7) is 5.92. The lowest BCUT2D eigenvalue weighted by Gasteiger charge is -2.34. The van der Waals surface area contributed by atoms with Crippen LogP contribution < -0.4 is 0 Å². The van der Waals surface area contributed by atoms with Gasteiger partial charge in [-0.15, -0.1) is 0 Å². The Morgan fingerprint density at radius 2 is 1.43 bits per heavy atom. The van der Waals surface area contributed by atoms with E-state index < -0.39 is 5.60 Å². The maximum atomic E-state index is 11.0. The van der Waals surface area contributed by atoms with Crippen molar-refractivity contribution in [1.29, 1.82) is 0 Å². The summed E-state index contributed by atoms with van der Waals surface area (Å²) in [5, 5.41) is 20.8. The Bertz CT molecular complexity index is 584. The largest absolute Gasteiger partial charge is 0.393 e. The van der Waals surface area contributed by atoms with Gasteiger partial charge in [0.05, 0.1) is 6.61 Å². The Hall–Kier alpha value is -1.64. The third-order valence-corrected chi connectivity index (χ3v) is 3.60. The summed E-state index contributed by atoms with van der Waals surface area (Å²) in [6, 6.07) is 17.7. The van der Waals surface area contributed by atoms with Gasteiger partial charge in [0.2, 0.25) is 0 Å². The average molecular weight is 284 g/mol. The van der Waals surface area contributed by atoms with Crippen LogP contribution in [0, 0.1) is 5.41 Å². The van der Waals surface area contributed by atoms with E-state index in [4.69, 9.17) is 0 Å². The summed E-state index contributed by atoms with van der Waals surface area (Å²) >= 11 is 0. The van der Waals surface area contributed by atoms with Crippen LogP contribution in [0.4, 0.5) is 0 Å². The molecule has 2 nitrogen and oxygen atoms in total. The van der Waals surface area contributed by atoms with Crippen LogP contribution in [0.3, 0.4) is 0 Å². The zero-order chi connectivity index (χ0) is 15.5. The lowest BCUT2D eigenvalue weighted by Crippen LogP contribution is -2.35. The highest BCUT2D eigenvalue weighted by molar-refractivity contribution is 5.68. The van der Waals surface area contributed by atoms with Crippen molar-refractivity contribution in [1.82, 2.24) is 0 Å². The van der Waals surface area contributed by atoms with Gasteiger partial charge in [0, 0.05) is 0 Å². The number of aliphatic hydroxyl groups excluding tert-OH is 1. The Balaban J connectivity index is 2.53. The quantitative estimate of drug-likeness (QED) is 0.892. The molecule has 0 amide bonds. The first-order valence-corrected chi connectivity index (χ1v) is 7.34. The van der Waals surface area contributed by atoms with Crippen LogP contribution in [0.15, 0.2) is 54.6 Å². The molecule has 0 saturated carbocycles. The number of hydrogen-bond acceptors (Lipinski definition) is 2. The Kier molecular flexibility index (Phi) is 4.50. The second kappa shape index (κ2) is 6.00. The fraction of sp³-hybridized carbons (Fsp3) is 0.368. The summed E-state index contributed by atoms with van der Waals surface area (Å²) in [7, 11) is 0. The fourth-order valence-corrected chi connectivity index (χ4v) is 2.87. The van der Waals surface area contributed by atoms with E-state index in [2.05, 4.69) is 20.8 Å². The molecule has 0 aliphatic heterocycles. The molecular formula is C19H24O2. The lowest BCUT2D eigenvalue weighted by atomic mass is 9.76. The van der Waals surface area contributed by atoms with Crippen LogP contribution in [0.1, 0.15) is 32.8 Å². The molecule has 2 heteroatoms. The van der Waals surface area contributed by atoms with E-state index in [0.717, 1.165) is 16.7 Å². The molecule has 2 rings (SSSR count). The van der Waals surface area contributed by atoms with Crippen LogP contribution in [0.25, 0.3) is 11.1 Å². The molecule has 0 heterocycles. The van der Waals surface area contributed by atoms with Gasteiger partial charge in [-0.3, -0.25) is 0 Å². The molecule has 112 valence electrons. The standard InChI is InChI=1S/C19H24O2/c1-18(2,3)13-19(21,14-20)17-12-8-7-11-16(17)15-9-5-4-6-10-15/h4-12,20-21H,13-14H2,1-3H3. The molecule has 1 unspecified atom stereocenters. The van der Waals surface area contributed by atoms with Crippen molar-refractivity contribution in [2.75, 3.05) is 6.61 Å². The SMILES string of the molecule is CC(C)(C)CC(O)(CO)c1ccccc1-c1ccccc1. The van der Waals surface area contributed by atoms with Crippen LogP contribution in [-0.4, -0.2) is 16.8 Å². The maximum absolute atomic E-state index is 11.0. The molecule has 2 aromatic rings. The molecule has 1 atom stereocenters. The molecule has 0 saturated heterocycles. The molecule has 0 fully saturated rings. The van der Waals surface area contributed by atoms with Gasteiger partial charge < -0.3 is 10.2 Å². The van der Waals surface area contributed by atoms with Crippen molar-refractivity contribution >= 4 is 0 Å². The van der Waals surface area contributed by atoms with Gasteiger partial charge in [0.15, 0.2) is 0 Å². The smallest absolute Gasteiger partial charge is 0.114 e. The van der Waals surface area contributed by atoms with Crippen LogP contribution in [0.2, 0.25) is 0 Å². The Morgan fingerprint density at radius 1 is 0.857 bits per heavy atom. The zero-order valence-electron chi connectivity index (χ0n) is 13.0. The molecule has 2 aromatic carbocycles. The normalized spacial score (nSPS) is 14.7. The minimum Gasteiger partial charge on any atom is -0.393 e. The number of benzene rings is 2. The average Bonchev–Trinajstić information content (AvgIpc) is 2.46. The summed E-state index contributed by atoms with van der Waals surface area (Å²) in [5.74, 6) is 0. The van der Waals surface area contributed by atoms with Crippen molar-refractivity contribution in [2.45, 2.75) is 32.8 Å². The lowest BCUT2D eigenvalue weighted by molar-refractivity contribution is -0.0483. The molecule has 0 aliphatic carbocycles. The van der Waals surface area contributed by atoms with Gasteiger partial charge in [-0.1, -0.05) is 75.4 Å². The highest BCUT2D eigenvalue weighted by atomic mass is 16.3. The van der Waals surface area contributed by atoms with E-state index in [-0.39, 0.29) is 12.0 Å². The van der Waals surface area contributed by atoms with Crippen molar-refractivity contribution in [3.8, 4) is 11.1 Å². The topological polar surface area (TPSA) is 40.5 Å². The summed E-state index contributed by atoms with van der Waals surface area (Å²) in [5.41, 5.74) is 1.49. The second-order valence-corrected chi connectivity index (χ2v) is 6.84. The van der Waals surface area contributed by atoms with E-state index in [1.54, 1.807) is 0 Å². The highest BCUT2D eigenvalue weighted by Crippen LogP contribution is 2.39. The van der Waals surface area contributed by atoms with Gasteiger partial charge in [-0.25, -0.2) is 0 Å². The van der Waals surface area contributed by atoms with Crippen LogP contribution >= 0.6 is 0 Å². The summed E-state index contributed by atoms with van der Waals surface area (Å²) in [4.78, 5) is 0. The molecule has 0 spiro atoms. The minimum atomic E-state index is -1.23. The summed E-state index contributed by atoms with van der Waals surface area (Å²) in [6.07, 6.45) is 0.500. The number of hydrogen-bond donors (Lipinski definition) is 2. The Morgan fingerprint density at radius 3 is 2.00 bits per heavy atom. The first kappa shape index (κ1) is 15.7.